The van der Waals surface area contributed by atoms with Crippen molar-refractivity contribution < 1.29 is 45.0 Å². The summed E-state index contributed by atoms with van der Waals surface area (Å²) in [5.74, 6) is -1.21. The molecular weight excluding hydrogens is 700 g/mol. The standard InChI is InChI=1S/C38H45F6N7O2/c1-51(20-17-45,21-18-46)19-5-9-32(47)35(52)49-33(16-13-26-6-4-8-30(22-26)38(42,43)44)36(53)48-31-23-28-7-2-3-10-34(28)50(25-31)24-27-11-14-29(15-12-27)37(39,40)41/h2-4,6-8,10-12,14-15,22-23,25,32-33H,5,9,13,16-21,24,45-47H2,1H3/p+2/t32-,33-/m0/s1. The van der Waals surface area contributed by atoms with Crippen LogP contribution in [0.2, 0.25) is 0 Å². The zero-order valence-electron chi connectivity index (χ0n) is 29.5. The van der Waals surface area contributed by atoms with E-state index < -0.39 is 47.4 Å². The molecule has 0 aliphatic carbocycles. The normalized spacial score (nSPS) is 13.5. The lowest BCUT2D eigenvalue weighted by atomic mass is 10.0. The SMILES string of the molecule is C[N+](CCN)(CCN)CCC[C@H](N)C(=O)N[C@@H](CCc1cccc(C(F)(F)F)c1)C(=O)Nc1cc2ccccc2[n+](Cc2ccc(C(F)(F)F)cc2)c1. The van der Waals surface area contributed by atoms with Crippen molar-refractivity contribution in [1.82, 2.24) is 5.32 Å². The van der Waals surface area contributed by atoms with Gasteiger partial charge in [0.2, 0.25) is 17.3 Å². The molecule has 2 atom stereocenters. The average molecular weight is 748 g/mol. The molecule has 0 unspecified atom stereocenters. The molecule has 0 saturated carbocycles. The Hall–Kier alpha value is -4.57. The molecule has 0 bridgehead atoms. The van der Waals surface area contributed by atoms with Crippen LogP contribution in [-0.4, -0.2) is 68.2 Å². The van der Waals surface area contributed by atoms with E-state index in [-0.39, 0.29) is 19.4 Å². The van der Waals surface area contributed by atoms with Crippen LogP contribution in [0.15, 0.2) is 85.1 Å². The highest BCUT2D eigenvalue weighted by Crippen LogP contribution is 2.30. The molecule has 286 valence electrons. The van der Waals surface area contributed by atoms with Gasteiger partial charge in [0, 0.05) is 30.1 Å². The third-order valence-corrected chi connectivity index (χ3v) is 9.25. The van der Waals surface area contributed by atoms with Crippen LogP contribution in [-0.2, 0) is 34.9 Å². The molecule has 9 nitrogen and oxygen atoms in total. The van der Waals surface area contributed by atoms with Crippen molar-refractivity contribution in [3.05, 3.63) is 107 Å². The zero-order valence-corrected chi connectivity index (χ0v) is 29.5. The van der Waals surface area contributed by atoms with E-state index in [1.54, 1.807) is 22.9 Å². The molecule has 8 N–H and O–H groups in total. The number of nitrogens with one attached hydrogen (secondary N) is 2. The van der Waals surface area contributed by atoms with Gasteiger partial charge in [0.25, 0.3) is 0 Å². The molecule has 3 aromatic carbocycles. The number of nitrogens with two attached hydrogens (primary N) is 3. The fourth-order valence-corrected chi connectivity index (χ4v) is 6.28. The first-order valence-corrected chi connectivity index (χ1v) is 17.4. The second-order valence-corrected chi connectivity index (χ2v) is 13.5. The molecule has 2 amide bonds. The minimum absolute atomic E-state index is 0.0350. The molecule has 0 spiro atoms. The average Bonchev–Trinajstić information content (AvgIpc) is 3.09. The van der Waals surface area contributed by atoms with Gasteiger partial charge in [-0.15, -0.1) is 0 Å². The van der Waals surface area contributed by atoms with Crippen LogP contribution in [0.5, 0.6) is 0 Å². The van der Waals surface area contributed by atoms with Gasteiger partial charge in [0.15, 0.2) is 12.7 Å². The molecule has 0 aliphatic heterocycles. The van der Waals surface area contributed by atoms with Crippen LogP contribution in [0.1, 0.15) is 41.5 Å². The Bertz CT molecular complexity index is 1830. The lowest BCUT2D eigenvalue weighted by Gasteiger charge is -2.34. The zero-order chi connectivity index (χ0) is 38.8. The van der Waals surface area contributed by atoms with Crippen LogP contribution in [0.25, 0.3) is 10.9 Å². The number of pyridine rings is 1. The Balaban J connectivity index is 1.55. The lowest BCUT2D eigenvalue weighted by Crippen LogP contribution is -2.52. The Labute approximate surface area is 304 Å². The van der Waals surface area contributed by atoms with Crippen LogP contribution in [0.3, 0.4) is 0 Å². The van der Waals surface area contributed by atoms with E-state index in [0.29, 0.717) is 66.9 Å². The third kappa shape index (κ3) is 12.0. The number of carbonyl (C=O) groups is 2. The van der Waals surface area contributed by atoms with E-state index in [4.69, 9.17) is 17.2 Å². The number of likely N-dealkylation sites (N-methyl/N-ethyl adjacent to an activating group) is 1. The summed E-state index contributed by atoms with van der Waals surface area (Å²) in [5, 5.41) is 6.26. The largest absolute Gasteiger partial charge is 0.416 e. The van der Waals surface area contributed by atoms with E-state index >= 15 is 0 Å². The van der Waals surface area contributed by atoms with E-state index in [1.165, 1.54) is 24.3 Å². The van der Waals surface area contributed by atoms with Gasteiger partial charge in [-0.2, -0.15) is 30.9 Å². The number of benzene rings is 3. The highest BCUT2D eigenvalue weighted by atomic mass is 19.4. The summed E-state index contributed by atoms with van der Waals surface area (Å²) in [6.07, 6.45) is -6.50. The predicted octanol–water partition coefficient (Wildman–Crippen LogP) is 4.74. The summed E-state index contributed by atoms with van der Waals surface area (Å²) < 4.78 is 82.1. The number of carbonyl (C=O) groups excluding carboxylic acids is 2. The highest BCUT2D eigenvalue weighted by Gasteiger charge is 2.32. The minimum Gasteiger partial charge on any atom is -0.343 e. The number of hydrogen-bond donors (Lipinski definition) is 5. The van der Waals surface area contributed by atoms with Gasteiger partial charge in [-0.3, -0.25) is 9.59 Å². The molecule has 15 heteroatoms. The molecule has 53 heavy (non-hydrogen) atoms. The van der Waals surface area contributed by atoms with Crippen LogP contribution < -0.4 is 32.4 Å². The van der Waals surface area contributed by atoms with Crippen molar-refractivity contribution in [2.45, 2.75) is 56.7 Å². The van der Waals surface area contributed by atoms with Gasteiger partial charge >= 0.3 is 12.4 Å². The van der Waals surface area contributed by atoms with Crippen molar-refractivity contribution in [1.29, 1.82) is 0 Å². The van der Waals surface area contributed by atoms with Crippen LogP contribution >= 0.6 is 0 Å². The summed E-state index contributed by atoms with van der Waals surface area (Å²) in [4.78, 5) is 27.2. The van der Waals surface area contributed by atoms with Gasteiger partial charge in [0.05, 0.1) is 43.9 Å². The van der Waals surface area contributed by atoms with E-state index in [2.05, 4.69) is 10.6 Å². The number of halogens is 6. The molecule has 4 rings (SSSR count). The molecule has 0 aliphatic rings. The molecule has 1 aromatic heterocycles. The highest BCUT2D eigenvalue weighted by molar-refractivity contribution is 5.98. The monoisotopic (exact) mass is 747 g/mol. The topological polar surface area (TPSA) is 140 Å². The third-order valence-electron chi connectivity index (χ3n) is 9.25. The first-order chi connectivity index (χ1) is 25.0. The maximum absolute atomic E-state index is 13.9. The maximum Gasteiger partial charge on any atom is 0.416 e. The molecule has 0 saturated heterocycles. The fraction of sp³-hybridized carbons (Fsp3) is 0.395. The van der Waals surface area contributed by atoms with Crippen molar-refractivity contribution in [3.8, 4) is 0 Å². The Morgan fingerprint density at radius 3 is 2.08 bits per heavy atom. The first kappa shape index (κ1) is 41.2. The molecule has 1 heterocycles. The number of amides is 2. The summed E-state index contributed by atoms with van der Waals surface area (Å²) in [6, 6.07) is 16.4. The van der Waals surface area contributed by atoms with Crippen molar-refractivity contribution in [3.63, 3.8) is 0 Å². The van der Waals surface area contributed by atoms with Crippen LogP contribution in [0, 0.1) is 0 Å². The van der Waals surface area contributed by atoms with Gasteiger partial charge in [0.1, 0.15) is 11.7 Å². The second kappa shape index (κ2) is 18.0. The van der Waals surface area contributed by atoms with Crippen LogP contribution in [0.4, 0.5) is 32.0 Å². The summed E-state index contributed by atoms with van der Waals surface area (Å²) in [7, 11) is 2.03. The Kier molecular flexibility index (Phi) is 14.0. The molecular formula is C38H47F6N7O2+2. The maximum atomic E-state index is 13.9. The van der Waals surface area contributed by atoms with Gasteiger partial charge in [-0.1, -0.05) is 42.5 Å². The number of quaternary nitrogens is 1. The number of para-hydroxylation sites is 1. The van der Waals surface area contributed by atoms with E-state index in [9.17, 15) is 35.9 Å². The summed E-state index contributed by atoms with van der Waals surface area (Å²) >= 11 is 0. The number of anilines is 1. The number of rotatable bonds is 17. The second-order valence-electron chi connectivity index (χ2n) is 13.5. The minimum atomic E-state index is -4.55. The van der Waals surface area contributed by atoms with Gasteiger partial charge in [-0.05, 0) is 61.6 Å². The summed E-state index contributed by atoms with van der Waals surface area (Å²) in [6.45, 7) is 3.21. The number of nitrogens with zero attached hydrogens (tertiary/aromatic N) is 2. The first-order valence-electron chi connectivity index (χ1n) is 17.4. The number of alkyl halides is 6. The van der Waals surface area contributed by atoms with Gasteiger partial charge in [-0.25, -0.2) is 0 Å². The van der Waals surface area contributed by atoms with Crippen molar-refractivity contribution in [2.24, 2.45) is 17.2 Å². The molecule has 4 aromatic rings. The Morgan fingerprint density at radius 1 is 0.774 bits per heavy atom. The quantitative estimate of drug-likeness (QED) is 0.0604. The fourth-order valence-electron chi connectivity index (χ4n) is 6.28. The number of aromatic nitrogens is 1. The molecule has 0 radical (unpaired) electrons. The van der Waals surface area contributed by atoms with Gasteiger partial charge < -0.3 is 32.3 Å². The van der Waals surface area contributed by atoms with E-state index in [1.807, 2.05) is 25.2 Å². The Morgan fingerprint density at radius 2 is 1.43 bits per heavy atom. The number of aryl methyl sites for hydroxylation is 1. The lowest BCUT2D eigenvalue weighted by molar-refractivity contribution is -0.907. The molecule has 0 fully saturated rings. The van der Waals surface area contributed by atoms with Crippen molar-refractivity contribution in [2.75, 3.05) is 45.1 Å². The predicted molar refractivity (Wildman–Crippen MR) is 191 cm³/mol. The van der Waals surface area contributed by atoms with E-state index in [0.717, 1.165) is 35.2 Å². The van der Waals surface area contributed by atoms with Crippen molar-refractivity contribution >= 4 is 28.4 Å². The smallest absolute Gasteiger partial charge is 0.343 e. The number of hydrogen-bond acceptors (Lipinski definition) is 5. The number of fused-ring (bicyclic) bond motifs is 1. The summed E-state index contributed by atoms with van der Waals surface area (Å²) in [5.41, 5.74) is 18.2.